The Bertz CT molecular complexity index is 477. The molecule has 1 rings (SSSR count). The zero-order valence-electron chi connectivity index (χ0n) is 11.6. The maximum Gasteiger partial charge on any atom is 0.343 e. The van der Waals surface area contributed by atoms with Gasteiger partial charge in [0.2, 0.25) is 5.91 Å². The van der Waals surface area contributed by atoms with Crippen LogP contribution in [0.15, 0.2) is 18.2 Å². The Morgan fingerprint density at radius 1 is 1.40 bits per heavy atom. The topological polar surface area (TPSA) is 90.6 Å². The highest BCUT2D eigenvalue weighted by Gasteiger charge is 2.10. The monoisotopic (exact) mass is 302 g/mol. The van der Waals surface area contributed by atoms with Crippen molar-refractivity contribution in [3.8, 4) is 5.75 Å². The van der Waals surface area contributed by atoms with E-state index in [9.17, 15) is 9.59 Å². The van der Waals surface area contributed by atoms with Gasteiger partial charge in [0.25, 0.3) is 0 Å². The zero-order valence-corrected chi connectivity index (χ0v) is 12.5. The van der Waals surface area contributed by atoms with Gasteiger partial charge < -0.3 is 20.5 Å². The largest absolute Gasteiger partial charge is 0.482 e. The molecule has 0 aliphatic rings. The van der Waals surface area contributed by atoms with Crippen LogP contribution >= 0.6 is 12.4 Å². The number of nitrogens with one attached hydrogen (secondary N) is 1. The summed E-state index contributed by atoms with van der Waals surface area (Å²) in [5.74, 6) is -0.181. The SMILES string of the molecule is COC(=O)COc1ccc(NC(=O)[C@H](C)N)c(C)c1.Cl. The summed E-state index contributed by atoms with van der Waals surface area (Å²) in [5.41, 5.74) is 6.95. The van der Waals surface area contributed by atoms with Gasteiger partial charge in [-0.3, -0.25) is 4.79 Å². The van der Waals surface area contributed by atoms with Gasteiger partial charge in [0.15, 0.2) is 6.61 Å². The fraction of sp³-hybridized carbons (Fsp3) is 0.385. The lowest BCUT2D eigenvalue weighted by molar-refractivity contribution is -0.142. The molecule has 1 amide bonds. The summed E-state index contributed by atoms with van der Waals surface area (Å²) in [6.07, 6.45) is 0. The number of rotatable bonds is 5. The zero-order chi connectivity index (χ0) is 14.4. The van der Waals surface area contributed by atoms with Gasteiger partial charge in [-0.2, -0.15) is 0 Å². The van der Waals surface area contributed by atoms with E-state index in [-0.39, 0.29) is 24.9 Å². The van der Waals surface area contributed by atoms with E-state index in [1.54, 1.807) is 25.1 Å². The minimum absolute atomic E-state index is 0. The van der Waals surface area contributed by atoms with Crippen LogP contribution in [0.3, 0.4) is 0 Å². The molecule has 112 valence electrons. The second kappa shape index (κ2) is 8.39. The molecule has 0 saturated heterocycles. The van der Waals surface area contributed by atoms with Gasteiger partial charge in [-0.25, -0.2) is 4.79 Å². The molecule has 0 bridgehead atoms. The van der Waals surface area contributed by atoms with Crippen LogP contribution in [0.2, 0.25) is 0 Å². The van der Waals surface area contributed by atoms with Gasteiger partial charge in [0.05, 0.1) is 13.2 Å². The van der Waals surface area contributed by atoms with Crippen LogP contribution in [-0.2, 0) is 14.3 Å². The molecule has 20 heavy (non-hydrogen) atoms. The average molecular weight is 303 g/mol. The van der Waals surface area contributed by atoms with Gasteiger partial charge >= 0.3 is 5.97 Å². The molecule has 0 fully saturated rings. The number of benzene rings is 1. The molecule has 0 saturated carbocycles. The van der Waals surface area contributed by atoms with Crippen molar-refractivity contribution >= 4 is 30.0 Å². The summed E-state index contributed by atoms with van der Waals surface area (Å²) in [6, 6.07) is 4.50. The van der Waals surface area contributed by atoms with Crippen molar-refractivity contribution in [1.82, 2.24) is 0 Å². The van der Waals surface area contributed by atoms with E-state index in [1.807, 2.05) is 6.92 Å². The number of nitrogens with two attached hydrogens (primary N) is 1. The minimum Gasteiger partial charge on any atom is -0.482 e. The summed E-state index contributed by atoms with van der Waals surface area (Å²) in [5, 5.41) is 2.70. The lowest BCUT2D eigenvalue weighted by Gasteiger charge is -2.12. The van der Waals surface area contributed by atoms with Crippen molar-refractivity contribution in [2.45, 2.75) is 19.9 Å². The maximum absolute atomic E-state index is 11.5. The molecule has 7 heteroatoms. The van der Waals surface area contributed by atoms with Gasteiger partial charge in [-0.15, -0.1) is 12.4 Å². The molecule has 0 spiro atoms. The first kappa shape index (κ1) is 18.2. The Morgan fingerprint density at radius 3 is 2.55 bits per heavy atom. The summed E-state index contributed by atoms with van der Waals surface area (Å²) in [6.45, 7) is 3.28. The first-order chi connectivity index (χ1) is 8.93. The Hall–Kier alpha value is -1.79. The predicted octanol–water partition coefficient (Wildman–Crippen LogP) is 1.25. The van der Waals surface area contributed by atoms with Crippen molar-refractivity contribution in [1.29, 1.82) is 0 Å². The fourth-order valence-electron chi connectivity index (χ4n) is 1.31. The van der Waals surface area contributed by atoms with Crippen LogP contribution in [0.5, 0.6) is 5.75 Å². The maximum atomic E-state index is 11.5. The number of halogens is 1. The van der Waals surface area contributed by atoms with Crippen LogP contribution in [0.1, 0.15) is 12.5 Å². The number of esters is 1. The summed E-state index contributed by atoms with van der Waals surface area (Å²) >= 11 is 0. The minimum atomic E-state index is -0.574. The third kappa shape index (κ3) is 5.46. The van der Waals surface area contributed by atoms with E-state index in [0.717, 1.165) is 5.56 Å². The summed E-state index contributed by atoms with van der Waals surface area (Å²) in [4.78, 5) is 22.4. The van der Waals surface area contributed by atoms with Gasteiger partial charge in [-0.05, 0) is 37.6 Å². The van der Waals surface area contributed by atoms with E-state index >= 15 is 0 Å². The van der Waals surface area contributed by atoms with Crippen molar-refractivity contribution < 1.29 is 19.1 Å². The highest BCUT2D eigenvalue weighted by Crippen LogP contribution is 2.21. The van der Waals surface area contributed by atoms with Crippen LogP contribution in [0.25, 0.3) is 0 Å². The molecule has 1 atom stereocenters. The number of hydrogen-bond acceptors (Lipinski definition) is 5. The lowest BCUT2D eigenvalue weighted by atomic mass is 10.2. The molecule has 0 aromatic heterocycles. The first-order valence-electron chi connectivity index (χ1n) is 5.80. The third-order valence-electron chi connectivity index (χ3n) is 2.45. The van der Waals surface area contributed by atoms with Crippen molar-refractivity contribution in [3.05, 3.63) is 23.8 Å². The summed E-state index contributed by atoms with van der Waals surface area (Å²) in [7, 11) is 1.30. The highest BCUT2D eigenvalue weighted by molar-refractivity contribution is 5.95. The van der Waals surface area contributed by atoms with Crippen molar-refractivity contribution in [2.75, 3.05) is 19.0 Å². The molecule has 6 nitrogen and oxygen atoms in total. The lowest BCUT2D eigenvalue weighted by Crippen LogP contribution is -2.32. The Morgan fingerprint density at radius 2 is 2.05 bits per heavy atom. The normalized spacial score (nSPS) is 11.0. The van der Waals surface area contributed by atoms with Crippen LogP contribution in [-0.4, -0.2) is 31.6 Å². The number of hydrogen-bond donors (Lipinski definition) is 2. The van der Waals surface area contributed by atoms with Crippen LogP contribution in [0, 0.1) is 6.92 Å². The van der Waals surface area contributed by atoms with Gasteiger partial charge in [0.1, 0.15) is 5.75 Å². The number of amides is 1. The molecule has 3 N–H and O–H groups in total. The molecule has 0 heterocycles. The van der Waals surface area contributed by atoms with E-state index in [2.05, 4.69) is 10.1 Å². The van der Waals surface area contributed by atoms with Crippen molar-refractivity contribution in [3.63, 3.8) is 0 Å². The van der Waals surface area contributed by atoms with Crippen LogP contribution in [0.4, 0.5) is 5.69 Å². The standard InChI is InChI=1S/C13H18N2O4.ClH/c1-8-6-10(19-7-12(16)18-3)4-5-11(8)15-13(17)9(2)14;/h4-6,9H,7,14H2,1-3H3,(H,15,17);1H/t9-;/m0./s1. The Kier molecular flexibility index (Phi) is 7.64. The second-order valence-corrected chi connectivity index (χ2v) is 4.12. The number of aryl methyl sites for hydroxylation is 1. The average Bonchev–Trinajstić information content (AvgIpc) is 2.38. The van der Waals surface area contributed by atoms with Crippen LogP contribution < -0.4 is 15.8 Å². The van der Waals surface area contributed by atoms with E-state index in [1.165, 1.54) is 7.11 Å². The second-order valence-electron chi connectivity index (χ2n) is 4.12. The molecular formula is C13H19ClN2O4. The molecular weight excluding hydrogens is 284 g/mol. The fourth-order valence-corrected chi connectivity index (χ4v) is 1.31. The van der Waals surface area contributed by atoms with Gasteiger partial charge in [0, 0.05) is 5.69 Å². The highest BCUT2D eigenvalue weighted by atomic mass is 35.5. The third-order valence-corrected chi connectivity index (χ3v) is 2.45. The molecule has 0 aliphatic carbocycles. The van der Waals surface area contributed by atoms with E-state index < -0.39 is 12.0 Å². The quantitative estimate of drug-likeness (QED) is 0.799. The Balaban J connectivity index is 0.00000361. The Labute approximate surface area is 124 Å². The van der Waals surface area contributed by atoms with E-state index in [0.29, 0.717) is 11.4 Å². The number of ether oxygens (including phenoxy) is 2. The molecule has 1 aromatic rings. The molecule has 1 aromatic carbocycles. The molecule has 0 aliphatic heterocycles. The molecule has 0 unspecified atom stereocenters. The van der Waals surface area contributed by atoms with Gasteiger partial charge in [-0.1, -0.05) is 0 Å². The predicted molar refractivity (Wildman–Crippen MR) is 78.2 cm³/mol. The van der Waals surface area contributed by atoms with E-state index in [4.69, 9.17) is 10.5 Å². The van der Waals surface area contributed by atoms with Crippen molar-refractivity contribution in [2.24, 2.45) is 5.73 Å². The number of methoxy groups -OCH3 is 1. The number of carbonyl (C=O) groups excluding carboxylic acids is 2. The first-order valence-corrected chi connectivity index (χ1v) is 5.80. The number of anilines is 1. The smallest absolute Gasteiger partial charge is 0.343 e. The number of carbonyl (C=O) groups is 2. The summed E-state index contributed by atoms with van der Waals surface area (Å²) < 4.78 is 9.71. The molecule has 0 radical (unpaired) electrons.